The molecular weight excluding hydrogens is 272 g/mol. The first-order valence-electron chi connectivity index (χ1n) is 6.51. The van der Waals surface area contributed by atoms with Crippen LogP contribution < -0.4 is 5.73 Å². The zero-order chi connectivity index (χ0) is 13.0. The average Bonchev–Trinajstić information content (AvgIpc) is 3.04. The van der Waals surface area contributed by atoms with E-state index in [0.29, 0.717) is 5.92 Å². The summed E-state index contributed by atoms with van der Waals surface area (Å²) in [6, 6.07) is 8.30. The van der Waals surface area contributed by atoms with Gasteiger partial charge in [0.2, 0.25) is 0 Å². The number of nitrogen functional groups attached to an aromatic ring is 1. The van der Waals surface area contributed by atoms with E-state index in [-0.39, 0.29) is 0 Å². The molecule has 0 saturated heterocycles. The topological polar surface area (TPSA) is 38.9 Å². The van der Waals surface area contributed by atoms with Gasteiger partial charge in [-0.1, -0.05) is 19.1 Å². The molecule has 1 aliphatic rings. The first-order valence-corrected chi connectivity index (χ1v) is 8.14. The summed E-state index contributed by atoms with van der Waals surface area (Å²) >= 11 is 3.51. The second-order valence-corrected chi connectivity index (χ2v) is 7.27. The highest BCUT2D eigenvalue weighted by atomic mass is 32.1. The Bertz CT molecular complexity index is 737. The lowest BCUT2D eigenvalue weighted by Crippen LogP contribution is -1.91. The molecule has 0 fully saturated rings. The van der Waals surface area contributed by atoms with Crippen molar-refractivity contribution in [3.05, 3.63) is 34.7 Å². The summed E-state index contributed by atoms with van der Waals surface area (Å²) in [4.78, 5) is 6.24. The Labute approximate surface area is 119 Å². The van der Waals surface area contributed by atoms with Crippen LogP contribution in [0.2, 0.25) is 0 Å². The number of benzene rings is 1. The standard InChI is InChI=1S/C15H14N2S2/c1-8-6-7-11-12(8)13(14(16)18-11)15-17-9-4-2-3-5-10(9)19-15/h2-5,8H,6-7,16H2,1H3. The lowest BCUT2D eigenvalue weighted by atomic mass is 10.0. The Morgan fingerprint density at radius 1 is 1.26 bits per heavy atom. The first kappa shape index (κ1) is 11.4. The molecule has 2 aromatic heterocycles. The molecule has 0 saturated carbocycles. The fourth-order valence-electron chi connectivity index (χ4n) is 2.91. The first-order chi connectivity index (χ1) is 9.24. The fraction of sp³-hybridized carbons (Fsp3) is 0.267. The molecule has 0 aliphatic heterocycles. The fourth-order valence-corrected chi connectivity index (χ4v) is 5.22. The van der Waals surface area contributed by atoms with E-state index in [1.165, 1.54) is 33.5 Å². The quantitative estimate of drug-likeness (QED) is 0.707. The number of rotatable bonds is 1. The van der Waals surface area contributed by atoms with Crippen molar-refractivity contribution >= 4 is 37.9 Å². The lowest BCUT2D eigenvalue weighted by molar-refractivity contribution is 0.748. The predicted molar refractivity (Wildman–Crippen MR) is 84.1 cm³/mol. The lowest BCUT2D eigenvalue weighted by Gasteiger charge is -2.05. The summed E-state index contributed by atoms with van der Waals surface area (Å²) in [5.74, 6) is 0.616. The van der Waals surface area contributed by atoms with Crippen LogP contribution in [0.3, 0.4) is 0 Å². The molecule has 0 spiro atoms. The Morgan fingerprint density at radius 2 is 2.11 bits per heavy atom. The van der Waals surface area contributed by atoms with Crippen molar-refractivity contribution in [2.45, 2.75) is 25.7 Å². The van der Waals surface area contributed by atoms with Crippen LogP contribution in [0, 0.1) is 0 Å². The third kappa shape index (κ3) is 1.63. The van der Waals surface area contributed by atoms with Crippen LogP contribution in [0.15, 0.2) is 24.3 Å². The number of thiophene rings is 1. The minimum atomic E-state index is 0.616. The van der Waals surface area contributed by atoms with Gasteiger partial charge >= 0.3 is 0 Å². The Hall–Kier alpha value is -1.39. The van der Waals surface area contributed by atoms with E-state index in [4.69, 9.17) is 10.7 Å². The average molecular weight is 286 g/mol. The summed E-state index contributed by atoms with van der Waals surface area (Å²) in [6.07, 6.45) is 2.43. The third-order valence-electron chi connectivity index (χ3n) is 3.85. The molecule has 4 heteroatoms. The molecule has 0 bridgehead atoms. The zero-order valence-corrected chi connectivity index (χ0v) is 12.3. The van der Waals surface area contributed by atoms with Gasteiger partial charge < -0.3 is 5.73 Å². The van der Waals surface area contributed by atoms with E-state index in [1.807, 2.05) is 6.07 Å². The zero-order valence-electron chi connectivity index (χ0n) is 10.6. The molecule has 1 atom stereocenters. The number of nitrogens with zero attached hydrogens (tertiary/aromatic N) is 1. The van der Waals surface area contributed by atoms with Gasteiger partial charge in [-0.3, -0.25) is 0 Å². The number of aryl methyl sites for hydroxylation is 1. The third-order valence-corrected chi connectivity index (χ3v) is 6.00. The minimum Gasteiger partial charge on any atom is -0.390 e. The van der Waals surface area contributed by atoms with Gasteiger partial charge in [0.25, 0.3) is 0 Å². The van der Waals surface area contributed by atoms with Crippen LogP contribution in [0.4, 0.5) is 5.00 Å². The highest BCUT2D eigenvalue weighted by Crippen LogP contribution is 2.49. The van der Waals surface area contributed by atoms with Gasteiger partial charge in [-0.15, -0.1) is 22.7 Å². The second-order valence-electron chi connectivity index (χ2n) is 5.10. The molecule has 1 unspecified atom stereocenters. The van der Waals surface area contributed by atoms with E-state index in [9.17, 15) is 0 Å². The Morgan fingerprint density at radius 3 is 2.95 bits per heavy atom. The number of aromatic nitrogens is 1. The molecule has 0 amide bonds. The summed E-state index contributed by atoms with van der Waals surface area (Å²) in [5.41, 5.74) is 10.0. The molecule has 0 radical (unpaired) electrons. The number of para-hydroxylation sites is 1. The molecule has 1 aromatic carbocycles. The van der Waals surface area contributed by atoms with Crippen LogP contribution in [0.1, 0.15) is 29.7 Å². The van der Waals surface area contributed by atoms with Gasteiger partial charge in [0.15, 0.2) is 0 Å². The number of hydrogen-bond acceptors (Lipinski definition) is 4. The van der Waals surface area contributed by atoms with Crippen molar-refractivity contribution in [3.63, 3.8) is 0 Å². The summed E-state index contributed by atoms with van der Waals surface area (Å²) < 4.78 is 1.24. The van der Waals surface area contributed by atoms with Crippen molar-refractivity contribution in [1.29, 1.82) is 0 Å². The maximum Gasteiger partial charge on any atom is 0.127 e. The van der Waals surface area contributed by atoms with Crippen LogP contribution in [0.25, 0.3) is 20.8 Å². The van der Waals surface area contributed by atoms with Gasteiger partial charge in [0.1, 0.15) is 5.01 Å². The summed E-state index contributed by atoms with van der Waals surface area (Å²) in [5, 5.41) is 2.03. The van der Waals surface area contributed by atoms with Gasteiger partial charge in [-0.25, -0.2) is 4.98 Å². The van der Waals surface area contributed by atoms with Crippen molar-refractivity contribution in [2.24, 2.45) is 0 Å². The number of hydrogen-bond donors (Lipinski definition) is 1. The molecule has 2 heterocycles. The predicted octanol–water partition coefficient (Wildman–Crippen LogP) is 4.66. The maximum atomic E-state index is 6.25. The molecule has 19 heavy (non-hydrogen) atoms. The Balaban J connectivity index is 1.97. The normalized spacial score (nSPS) is 18.1. The second kappa shape index (κ2) is 4.05. The monoisotopic (exact) mass is 286 g/mol. The smallest absolute Gasteiger partial charge is 0.127 e. The maximum absolute atomic E-state index is 6.25. The summed E-state index contributed by atoms with van der Waals surface area (Å²) in [7, 11) is 0. The van der Waals surface area contributed by atoms with Crippen LogP contribution in [0.5, 0.6) is 0 Å². The van der Waals surface area contributed by atoms with Crippen molar-refractivity contribution < 1.29 is 0 Å². The van der Waals surface area contributed by atoms with Gasteiger partial charge in [0, 0.05) is 10.4 Å². The number of nitrogens with two attached hydrogens (primary N) is 1. The van der Waals surface area contributed by atoms with Crippen LogP contribution in [-0.2, 0) is 6.42 Å². The van der Waals surface area contributed by atoms with E-state index in [0.717, 1.165) is 15.5 Å². The van der Waals surface area contributed by atoms with E-state index < -0.39 is 0 Å². The van der Waals surface area contributed by atoms with Gasteiger partial charge in [-0.05, 0) is 36.5 Å². The van der Waals surface area contributed by atoms with E-state index in [2.05, 4.69) is 25.1 Å². The SMILES string of the molecule is CC1CCc2sc(N)c(-c3nc4ccccc4s3)c21. The van der Waals surface area contributed by atoms with Crippen LogP contribution in [-0.4, -0.2) is 4.98 Å². The highest BCUT2D eigenvalue weighted by molar-refractivity contribution is 7.22. The molecule has 2 N–H and O–H groups in total. The molecule has 96 valence electrons. The summed E-state index contributed by atoms with van der Waals surface area (Å²) in [6.45, 7) is 2.30. The van der Waals surface area contributed by atoms with Crippen LogP contribution >= 0.6 is 22.7 Å². The van der Waals surface area contributed by atoms with Crippen molar-refractivity contribution in [3.8, 4) is 10.6 Å². The van der Waals surface area contributed by atoms with Crippen molar-refractivity contribution in [2.75, 3.05) is 5.73 Å². The largest absolute Gasteiger partial charge is 0.390 e. The molecule has 2 nitrogen and oxygen atoms in total. The molecule has 1 aliphatic carbocycles. The van der Waals surface area contributed by atoms with Gasteiger partial charge in [-0.2, -0.15) is 0 Å². The molecule has 3 aromatic rings. The minimum absolute atomic E-state index is 0.616. The van der Waals surface area contributed by atoms with Crippen molar-refractivity contribution in [1.82, 2.24) is 4.98 Å². The van der Waals surface area contributed by atoms with E-state index in [1.54, 1.807) is 22.7 Å². The Kier molecular flexibility index (Phi) is 2.44. The number of anilines is 1. The highest BCUT2D eigenvalue weighted by Gasteiger charge is 2.28. The number of fused-ring (bicyclic) bond motifs is 2. The number of thiazole rings is 1. The van der Waals surface area contributed by atoms with Gasteiger partial charge in [0.05, 0.1) is 15.2 Å². The van der Waals surface area contributed by atoms with E-state index >= 15 is 0 Å². The molecule has 4 rings (SSSR count). The molecular formula is C15H14N2S2.